The Hall–Kier alpha value is 0.710. The van der Waals surface area contributed by atoms with Crippen LogP contribution in [0.15, 0.2) is 0 Å². The van der Waals surface area contributed by atoms with E-state index in [-0.39, 0.29) is 3.12 Å². The molecule has 1 N–H and O–H groups in total. The lowest BCUT2D eigenvalue weighted by molar-refractivity contribution is 0.278. The van der Waals surface area contributed by atoms with E-state index < -0.39 is 0 Å². The van der Waals surface area contributed by atoms with E-state index in [4.69, 9.17) is 0 Å². The van der Waals surface area contributed by atoms with Gasteiger partial charge in [0.25, 0.3) is 3.12 Å². The molecule has 0 spiro atoms. The van der Waals surface area contributed by atoms with Crippen molar-refractivity contribution in [3.63, 3.8) is 0 Å². The van der Waals surface area contributed by atoms with Crippen LogP contribution in [0.5, 0.6) is 0 Å². The lowest BCUT2D eigenvalue weighted by Crippen LogP contribution is -2.19. The van der Waals surface area contributed by atoms with Crippen LogP contribution in [0.1, 0.15) is 26.2 Å². The fraction of sp³-hybridized carbons (Fsp3) is 0.857. The van der Waals surface area contributed by atoms with Crippen molar-refractivity contribution in [1.29, 1.82) is 0 Å². The maximum atomic E-state index is 10.6. The largest absolute Gasteiger partial charge is 0.274 e. The van der Waals surface area contributed by atoms with Crippen LogP contribution in [0.2, 0.25) is 0 Å². The Morgan fingerprint density at radius 3 is 2.82 bits per heavy atom. The zero-order chi connectivity index (χ0) is 8.27. The normalized spacial score (nSPS) is 30.7. The van der Waals surface area contributed by atoms with Crippen LogP contribution in [0, 0.1) is 5.92 Å². The van der Waals surface area contributed by atoms with Gasteiger partial charge in [0, 0.05) is 40.6 Å². The molecule has 1 saturated carbocycles. The van der Waals surface area contributed by atoms with Crippen molar-refractivity contribution in [3.05, 3.63) is 0 Å². The smallest absolute Gasteiger partial charge is 0.263 e. The molecule has 1 rings (SSSR count). The first-order chi connectivity index (χ1) is 5.18. The minimum absolute atomic E-state index is 0.127. The van der Waals surface area contributed by atoms with Crippen molar-refractivity contribution in [3.8, 4) is 0 Å². The van der Waals surface area contributed by atoms with Crippen LogP contribution in [-0.2, 0) is 0 Å². The molecule has 1 fully saturated rings. The molecule has 0 aromatic rings. The third kappa shape index (κ3) is 3.75. The second-order valence-corrected chi connectivity index (χ2v) is 5.60. The predicted molar refractivity (Wildman–Crippen MR) is 56.9 cm³/mol. The van der Waals surface area contributed by atoms with Crippen LogP contribution < -0.4 is 4.72 Å². The van der Waals surface area contributed by atoms with Crippen molar-refractivity contribution < 1.29 is 4.79 Å². The average molecular weight is 285 g/mol. The molecule has 2 atom stereocenters. The van der Waals surface area contributed by atoms with Gasteiger partial charge in [-0.1, -0.05) is 6.92 Å². The highest BCUT2D eigenvalue weighted by Crippen LogP contribution is 2.26. The van der Waals surface area contributed by atoms with E-state index in [2.05, 4.69) is 11.6 Å². The first-order valence-electron chi connectivity index (χ1n) is 3.80. The van der Waals surface area contributed by atoms with E-state index in [1.807, 2.05) is 0 Å². The Labute approximate surface area is 85.2 Å². The second-order valence-electron chi connectivity index (χ2n) is 3.07. The highest BCUT2D eigenvalue weighted by Gasteiger charge is 2.21. The Kier molecular flexibility index (Phi) is 4.16. The number of nitrogens with one attached hydrogen (secondary N) is 1. The van der Waals surface area contributed by atoms with Crippen molar-refractivity contribution in [2.45, 2.75) is 32.2 Å². The van der Waals surface area contributed by atoms with Gasteiger partial charge >= 0.3 is 0 Å². The zero-order valence-corrected chi connectivity index (χ0v) is 9.44. The van der Waals surface area contributed by atoms with Gasteiger partial charge in [-0.15, -0.1) is 0 Å². The number of hydrogen-bond donors (Lipinski definition) is 1. The highest BCUT2D eigenvalue weighted by atomic mass is 127. The Bertz CT molecular complexity index is 153. The summed E-state index contributed by atoms with van der Waals surface area (Å²) in [6, 6.07) is 0.564. The minimum atomic E-state index is 0.127. The molecule has 1 aliphatic carbocycles. The summed E-state index contributed by atoms with van der Waals surface area (Å²) in [6.07, 6.45) is 3.74. The first-order valence-corrected chi connectivity index (χ1v) is 5.70. The molecular formula is C7H12INOS. The quantitative estimate of drug-likeness (QED) is 0.480. The van der Waals surface area contributed by atoms with Gasteiger partial charge in [0.2, 0.25) is 0 Å². The monoisotopic (exact) mass is 285 g/mol. The second kappa shape index (κ2) is 4.67. The Balaban J connectivity index is 2.13. The average Bonchev–Trinajstić information content (AvgIpc) is 2.31. The number of rotatable bonds is 2. The number of hydrogen-bond acceptors (Lipinski definition) is 3. The van der Waals surface area contributed by atoms with Crippen LogP contribution in [0.3, 0.4) is 0 Å². The molecule has 2 nitrogen and oxygen atoms in total. The van der Waals surface area contributed by atoms with Crippen LogP contribution in [-0.4, -0.2) is 9.16 Å². The van der Waals surface area contributed by atoms with E-state index >= 15 is 0 Å². The van der Waals surface area contributed by atoms with Crippen molar-refractivity contribution in [1.82, 2.24) is 4.72 Å². The summed E-state index contributed by atoms with van der Waals surface area (Å²) in [6.45, 7) is 2.26. The van der Waals surface area contributed by atoms with Crippen molar-refractivity contribution in [2.24, 2.45) is 5.92 Å². The number of carbonyl (C=O) groups excluding carboxylic acids is 1. The van der Waals surface area contributed by atoms with E-state index in [9.17, 15) is 4.79 Å². The summed E-state index contributed by atoms with van der Waals surface area (Å²) in [5, 5.41) is 0. The molecule has 11 heavy (non-hydrogen) atoms. The molecule has 4 heteroatoms. The van der Waals surface area contributed by atoms with Gasteiger partial charge < -0.3 is 0 Å². The molecule has 0 aliphatic heterocycles. The molecule has 0 amide bonds. The van der Waals surface area contributed by atoms with Gasteiger partial charge in [-0.05, 0) is 25.2 Å². The van der Waals surface area contributed by atoms with Crippen LogP contribution in [0.4, 0.5) is 4.79 Å². The summed E-state index contributed by atoms with van der Waals surface area (Å²) < 4.78 is 3.30. The third-order valence-electron chi connectivity index (χ3n) is 2.00. The molecule has 0 bridgehead atoms. The third-order valence-corrected chi connectivity index (χ3v) is 3.27. The molecule has 0 radical (unpaired) electrons. The Morgan fingerprint density at radius 2 is 2.36 bits per heavy atom. The topological polar surface area (TPSA) is 29.1 Å². The highest BCUT2D eigenvalue weighted by molar-refractivity contribution is 14.1. The molecule has 0 aromatic heterocycles. The van der Waals surface area contributed by atoms with Crippen molar-refractivity contribution >= 4 is 37.7 Å². The van der Waals surface area contributed by atoms with E-state index in [0.29, 0.717) is 6.04 Å². The summed E-state index contributed by atoms with van der Waals surface area (Å²) in [5.41, 5.74) is 0. The molecule has 0 saturated heterocycles. The molecule has 0 unspecified atom stereocenters. The molecule has 0 aromatic carbocycles. The van der Waals surface area contributed by atoms with Crippen molar-refractivity contribution in [2.75, 3.05) is 0 Å². The van der Waals surface area contributed by atoms with Gasteiger partial charge in [0.15, 0.2) is 0 Å². The van der Waals surface area contributed by atoms with E-state index in [0.717, 1.165) is 5.92 Å². The maximum absolute atomic E-state index is 10.6. The molecule has 64 valence electrons. The molecule has 0 heterocycles. The fourth-order valence-corrected chi connectivity index (χ4v) is 2.30. The van der Waals surface area contributed by atoms with Gasteiger partial charge in [-0.3, -0.25) is 9.52 Å². The van der Waals surface area contributed by atoms with Crippen LogP contribution >= 0.6 is 34.5 Å². The minimum Gasteiger partial charge on any atom is -0.274 e. The SMILES string of the molecule is C[C@H]1CC[C@@H](NSC(=O)I)C1. The lowest BCUT2D eigenvalue weighted by atomic mass is 10.1. The Morgan fingerprint density at radius 1 is 1.64 bits per heavy atom. The standard InChI is InChI=1S/C7H12INOS/c1-5-2-3-6(4-5)9-11-7(8)10/h5-6,9H,2-4H2,1H3/t5-,6+/m0/s1. The number of carbonyl (C=O) groups is 1. The number of halogens is 1. The molecule has 1 aliphatic rings. The van der Waals surface area contributed by atoms with E-state index in [1.165, 1.54) is 31.2 Å². The van der Waals surface area contributed by atoms with Gasteiger partial charge in [-0.2, -0.15) is 0 Å². The first kappa shape index (κ1) is 9.80. The predicted octanol–water partition coefficient (Wildman–Crippen LogP) is 2.97. The van der Waals surface area contributed by atoms with Crippen LogP contribution in [0.25, 0.3) is 0 Å². The fourth-order valence-electron chi connectivity index (χ4n) is 1.44. The summed E-state index contributed by atoms with van der Waals surface area (Å²) in [7, 11) is 0. The maximum Gasteiger partial charge on any atom is 0.263 e. The zero-order valence-electron chi connectivity index (χ0n) is 6.47. The summed E-state index contributed by atoms with van der Waals surface area (Å²) >= 11 is 3.02. The van der Waals surface area contributed by atoms with Gasteiger partial charge in [0.05, 0.1) is 0 Å². The molecular weight excluding hydrogens is 273 g/mol. The van der Waals surface area contributed by atoms with E-state index in [1.54, 1.807) is 22.6 Å². The summed E-state index contributed by atoms with van der Waals surface area (Å²) in [4.78, 5) is 10.6. The van der Waals surface area contributed by atoms with Gasteiger partial charge in [0.1, 0.15) is 0 Å². The lowest BCUT2D eigenvalue weighted by Gasteiger charge is -2.07. The summed E-state index contributed by atoms with van der Waals surface area (Å²) in [5.74, 6) is 0.831. The van der Waals surface area contributed by atoms with Gasteiger partial charge in [-0.25, -0.2) is 0 Å².